The Hall–Kier alpha value is -1.94. The maximum absolute atomic E-state index is 12.4. The van der Waals surface area contributed by atoms with Crippen LogP contribution in [0.15, 0.2) is 0 Å². The highest BCUT2D eigenvalue weighted by molar-refractivity contribution is 5.98. The Bertz CT molecular complexity index is 504. The van der Waals surface area contributed by atoms with E-state index in [1.165, 1.54) is 6.92 Å². The molecule has 0 aliphatic rings. The van der Waals surface area contributed by atoms with Crippen LogP contribution in [0.3, 0.4) is 0 Å². The lowest BCUT2D eigenvalue weighted by molar-refractivity contribution is -0.300. The van der Waals surface area contributed by atoms with Gasteiger partial charge in [-0.2, -0.15) is 31.4 Å². The Morgan fingerprint density at radius 1 is 1.25 bits per heavy atom. The molecule has 1 aromatic heterocycles. The van der Waals surface area contributed by atoms with Gasteiger partial charge in [-0.25, -0.2) is 4.68 Å². The summed E-state index contributed by atoms with van der Waals surface area (Å²) in [4.78, 5) is 0. The standard InChI is InChI=1S/C9H10F6N4O/c1-3-4(5(16)17)6(19(2)18-3)20-7(8(10,11)12)9(13,14)15/h7H,1-2H3,(H3,16,17). The summed E-state index contributed by atoms with van der Waals surface area (Å²) < 4.78 is 79.2. The first kappa shape index (κ1) is 16.1. The number of rotatable bonds is 3. The van der Waals surface area contributed by atoms with Crippen molar-refractivity contribution in [1.82, 2.24) is 9.78 Å². The van der Waals surface area contributed by atoms with Crippen molar-refractivity contribution in [2.24, 2.45) is 12.8 Å². The van der Waals surface area contributed by atoms with Crippen LogP contribution in [0, 0.1) is 12.3 Å². The van der Waals surface area contributed by atoms with Gasteiger partial charge >= 0.3 is 12.4 Å². The summed E-state index contributed by atoms with van der Waals surface area (Å²) in [6.45, 7) is 1.28. The monoisotopic (exact) mass is 304 g/mol. The van der Waals surface area contributed by atoms with E-state index in [1.807, 2.05) is 0 Å². The van der Waals surface area contributed by atoms with Crippen LogP contribution < -0.4 is 10.5 Å². The molecule has 0 aliphatic carbocycles. The number of ether oxygens (including phenoxy) is 1. The molecule has 0 saturated carbocycles. The van der Waals surface area contributed by atoms with Gasteiger partial charge in [-0.15, -0.1) is 0 Å². The van der Waals surface area contributed by atoms with E-state index in [-0.39, 0.29) is 5.69 Å². The lowest BCUT2D eigenvalue weighted by atomic mass is 10.2. The first-order chi connectivity index (χ1) is 8.85. The molecule has 1 heterocycles. The average Bonchev–Trinajstić information content (AvgIpc) is 2.45. The van der Waals surface area contributed by atoms with Crippen LogP contribution in [0.25, 0.3) is 0 Å². The summed E-state index contributed by atoms with van der Waals surface area (Å²) in [5, 5.41) is 10.8. The highest BCUT2D eigenvalue weighted by Gasteiger charge is 2.59. The van der Waals surface area contributed by atoms with Crippen molar-refractivity contribution in [2.75, 3.05) is 0 Å². The van der Waals surface area contributed by atoms with Crippen molar-refractivity contribution >= 4 is 5.84 Å². The molecule has 3 N–H and O–H groups in total. The summed E-state index contributed by atoms with van der Waals surface area (Å²) in [5.41, 5.74) is 4.68. The maximum Gasteiger partial charge on any atom is 0.434 e. The summed E-state index contributed by atoms with van der Waals surface area (Å²) in [6.07, 6.45) is -15.3. The molecule has 0 atom stereocenters. The maximum atomic E-state index is 12.4. The molecule has 0 unspecified atom stereocenters. The van der Waals surface area contributed by atoms with Crippen LogP contribution in [0.5, 0.6) is 5.88 Å². The molecule has 5 nitrogen and oxygen atoms in total. The third-order valence-corrected chi connectivity index (χ3v) is 2.26. The minimum absolute atomic E-state index is 0.0156. The SMILES string of the molecule is Cc1nn(C)c(OC(C(F)(F)F)C(F)(F)F)c1C(=N)N. The molecule has 0 aromatic carbocycles. The number of aryl methyl sites for hydroxylation is 2. The lowest BCUT2D eigenvalue weighted by Crippen LogP contribution is -2.47. The quantitative estimate of drug-likeness (QED) is 0.508. The number of alkyl halides is 6. The summed E-state index contributed by atoms with van der Waals surface area (Å²) >= 11 is 0. The minimum Gasteiger partial charge on any atom is -0.454 e. The second-order valence-corrected chi connectivity index (χ2v) is 3.88. The van der Waals surface area contributed by atoms with Crippen LogP contribution in [-0.2, 0) is 7.05 Å². The van der Waals surface area contributed by atoms with E-state index in [4.69, 9.17) is 11.1 Å². The van der Waals surface area contributed by atoms with E-state index in [0.717, 1.165) is 7.05 Å². The first-order valence-corrected chi connectivity index (χ1v) is 5.03. The molecule has 0 radical (unpaired) electrons. The molecule has 11 heteroatoms. The van der Waals surface area contributed by atoms with Crippen LogP contribution in [0.1, 0.15) is 11.3 Å². The van der Waals surface area contributed by atoms with Gasteiger partial charge in [0.05, 0.1) is 5.69 Å². The van der Waals surface area contributed by atoms with E-state index >= 15 is 0 Å². The number of nitrogen functional groups attached to an aromatic ring is 1. The molecule has 114 valence electrons. The zero-order chi connectivity index (χ0) is 15.9. The van der Waals surface area contributed by atoms with Crippen molar-refractivity contribution in [3.05, 3.63) is 11.3 Å². The van der Waals surface area contributed by atoms with E-state index in [1.54, 1.807) is 0 Å². The Kier molecular flexibility index (Phi) is 3.92. The van der Waals surface area contributed by atoms with Crippen LogP contribution >= 0.6 is 0 Å². The summed E-state index contributed by atoms with van der Waals surface area (Å²) in [7, 11) is 1.08. The molecular weight excluding hydrogens is 294 g/mol. The number of aromatic nitrogens is 2. The number of nitrogens with two attached hydrogens (primary N) is 1. The number of nitrogens with zero attached hydrogens (tertiary/aromatic N) is 2. The van der Waals surface area contributed by atoms with Crippen LogP contribution in [0.2, 0.25) is 0 Å². The normalized spacial score (nSPS) is 12.8. The molecule has 1 rings (SSSR count). The predicted octanol–water partition coefficient (Wildman–Crippen LogP) is 1.88. The van der Waals surface area contributed by atoms with Gasteiger partial charge < -0.3 is 10.5 Å². The van der Waals surface area contributed by atoms with E-state index < -0.39 is 35.7 Å². The fraction of sp³-hybridized carbons (Fsp3) is 0.556. The first-order valence-electron chi connectivity index (χ1n) is 5.03. The van der Waals surface area contributed by atoms with Gasteiger partial charge in [0.15, 0.2) is 0 Å². The van der Waals surface area contributed by atoms with Gasteiger partial charge in [0.2, 0.25) is 5.88 Å². The number of halogens is 6. The van der Waals surface area contributed by atoms with E-state index in [2.05, 4.69) is 9.84 Å². The largest absolute Gasteiger partial charge is 0.454 e. The molecule has 20 heavy (non-hydrogen) atoms. The van der Waals surface area contributed by atoms with Crippen molar-refractivity contribution < 1.29 is 31.1 Å². The van der Waals surface area contributed by atoms with Crippen LogP contribution in [0.4, 0.5) is 26.3 Å². The Morgan fingerprint density at radius 3 is 2.05 bits per heavy atom. The number of hydrogen-bond donors (Lipinski definition) is 2. The topological polar surface area (TPSA) is 76.9 Å². The van der Waals surface area contributed by atoms with Gasteiger partial charge in [0.25, 0.3) is 6.10 Å². The number of nitrogens with one attached hydrogen (secondary N) is 1. The summed E-state index contributed by atoms with van der Waals surface area (Å²) in [5.74, 6) is -1.61. The molecule has 0 saturated heterocycles. The molecule has 0 aliphatic heterocycles. The third-order valence-electron chi connectivity index (χ3n) is 2.26. The molecule has 0 spiro atoms. The highest BCUT2D eigenvalue weighted by Crippen LogP contribution is 2.37. The lowest BCUT2D eigenvalue weighted by Gasteiger charge is -2.24. The van der Waals surface area contributed by atoms with E-state index in [9.17, 15) is 26.3 Å². The third kappa shape index (κ3) is 3.14. The Labute approximate surface area is 108 Å². The molecular formula is C9H10F6N4O. The fourth-order valence-corrected chi connectivity index (χ4v) is 1.51. The van der Waals surface area contributed by atoms with Gasteiger partial charge in [-0.05, 0) is 6.92 Å². The van der Waals surface area contributed by atoms with Gasteiger partial charge in [0.1, 0.15) is 11.4 Å². The predicted molar refractivity (Wildman–Crippen MR) is 55.5 cm³/mol. The van der Waals surface area contributed by atoms with E-state index in [0.29, 0.717) is 4.68 Å². The Balaban J connectivity index is 3.29. The second-order valence-electron chi connectivity index (χ2n) is 3.88. The van der Waals surface area contributed by atoms with Crippen molar-refractivity contribution in [3.63, 3.8) is 0 Å². The zero-order valence-electron chi connectivity index (χ0n) is 10.2. The van der Waals surface area contributed by atoms with Crippen molar-refractivity contribution in [2.45, 2.75) is 25.4 Å². The average molecular weight is 304 g/mol. The number of hydrogen-bond acceptors (Lipinski definition) is 3. The Morgan fingerprint density at radius 2 is 1.70 bits per heavy atom. The van der Waals surface area contributed by atoms with Crippen molar-refractivity contribution in [3.8, 4) is 5.88 Å². The van der Waals surface area contributed by atoms with Gasteiger partial charge in [0, 0.05) is 7.05 Å². The smallest absolute Gasteiger partial charge is 0.434 e. The van der Waals surface area contributed by atoms with Gasteiger partial charge in [-0.3, -0.25) is 5.41 Å². The minimum atomic E-state index is -5.66. The number of amidine groups is 1. The zero-order valence-corrected chi connectivity index (χ0v) is 10.2. The molecule has 1 aromatic rings. The van der Waals surface area contributed by atoms with Crippen LogP contribution in [-0.4, -0.2) is 34.1 Å². The molecule has 0 bridgehead atoms. The molecule has 0 fully saturated rings. The fourth-order valence-electron chi connectivity index (χ4n) is 1.51. The highest BCUT2D eigenvalue weighted by atomic mass is 19.4. The summed E-state index contributed by atoms with van der Waals surface area (Å²) in [6, 6.07) is 0. The van der Waals surface area contributed by atoms with Gasteiger partial charge in [-0.1, -0.05) is 0 Å². The van der Waals surface area contributed by atoms with Crippen molar-refractivity contribution in [1.29, 1.82) is 5.41 Å². The molecule has 0 amide bonds. The second kappa shape index (κ2) is 4.87.